The minimum Gasteiger partial charge on any atom is -0.383 e. The smallest absolute Gasteiger partial charge is 0.0694 e. The summed E-state index contributed by atoms with van der Waals surface area (Å²) in [6.45, 7) is 7.09. The molecule has 0 aliphatic heterocycles. The van der Waals surface area contributed by atoms with E-state index in [-0.39, 0.29) is 5.38 Å². The van der Waals surface area contributed by atoms with Crippen molar-refractivity contribution in [2.75, 3.05) is 20.3 Å². The van der Waals surface area contributed by atoms with E-state index in [9.17, 15) is 0 Å². The molecule has 1 N–H and O–H groups in total. The van der Waals surface area contributed by atoms with Gasteiger partial charge in [-0.2, -0.15) is 5.10 Å². The van der Waals surface area contributed by atoms with Gasteiger partial charge in [0.2, 0.25) is 0 Å². The summed E-state index contributed by atoms with van der Waals surface area (Å²) in [4.78, 5) is 0. The maximum Gasteiger partial charge on any atom is 0.0694 e. The summed E-state index contributed by atoms with van der Waals surface area (Å²) < 4.78 is 6.97. The molecule has 16 heavy (non-hydrogen) atoms. The van der Waals surface area contributed by atoms with Gasteiger partial charge in [-0.1, -0.05) is 0 Å². The van der Waals surface area contributed by atoms with Crippen molar-refractivity contribution in [3.05, 3.63) is 17.5 Å². The summed E-state index contributed by atoms with van der Waals surface area (Å²) in [5, 5.41) is 7.70. The fraction of sp³-hybridized carbons (Fsp3) is 0.727. The molecule has 0 aliphatic rings. The lowest BCUT2D eigenvalue weighted by atomic mass is 10.3. The number of methoxy groups -OCH3 is 1. The molecule has 0 bridgehead atoms. The second-order valence-electron chi connectivity index (χ2n) is 3.78. The number of aryl methyl sites for hydroxylation is 2. The third kappa shape index (κ3) is 4.12. The van der Waals surface area contributed by atoms with Crippen molar-refractivity contribution in [3.8, 4) is 0 Å². The average Bonchev–Trinajstić information content (AvgIpc) is 2.59. The number of alkyl halides is 1. The third-order valence-electron chi connectivity index (χ3n) is 2.30. The van der Waals surface area contributed by atoms with Crippen LogP contribution in [-0.4, -0.2) is 35.4 Å². The van der Waals surface area contributed by atoms with Gasteiger partial charge in [0.05, 0.1) is 23.4 Å². The summed E-state index contributed by atoms with van der Waals surface area (Å²) in [7, 11) is 1.66. The first-order valence-electron chi connectivity index (χ1n) is 5.54. The molecule has 0 radical (unpaired) electrons. The zero-order valence-corrected chi connectivity index (χ0v) is 10.9. The molecule has 1 heterocycles. The lowest BCUT2D eigenvalue weighted by molar-refractivity contribution is 0.196. The first-order valence-corrected chi connectivity index (χ1v) is 5.98. The van der Waals surface area contributed by atoms with Crippen LogP contribution in [0.5, 0.6) is 0 Å². The van der Waals surface area contributed by atoms with Gasteiger partial charge in [0.1, 0.15) is 0 Å². The highest BCUT2D eigenvalue weighted by molar-refractivity contribution is 6.20. The van der Waals surface area contributed by atoms with Crippen LogP contribution in [0.1, 0.15) is 18.3 Å². The number of nitrogens with one attached hydrogen (secondary N) is 1. The summed E-state index contributed by atoms with van der Waals surface area (Å²) in [5.41, 5.74) is 2.25. The maximum atomic E-state index is 6.02. The molecule has 0 fully saturated rings. The van der Waals surface area contributed by atoms with Crippen LogP contribution in [0.25, 0.3) is 0 Å². The number of ether oxygens (including phenoxy) is 1. The van der Waals surface area contributed by atoms with Gasteiger partial charge >= 0.3 is 0 Å². The topological polar surface area (TPSA) is 39.1 Å². The second-order valence-corrected chi connectivity index (χ2v) is 4.39. The van der Waals surface area contributed by atoms with Crippen LogP contribution < -0.4 is 5.32 Å². The molecular weight excluding hydrogens is 226 g/mol. The molecule has 0 amide bonds. The first kappa shape index (κ1) is 13.5. The highest BCUT2D eigenvalue weighted by Gasteiger charge is 2.06. The second kappa shape index (κ2) is 6.89. The molecule has 5 heteroatoms. The Balaban J connectivity index is 2.36. The van der Waals surface area contributed by atoms with E-state index in [0.29, 0.717) is 6.61 Å². The number of aromatic nitrogens is 2. The fourth-order valence-electron chi connectivity index (χ4n) is 1.61. The molecule has 1 unspecified atom stereocenters. The standard InChI is InChI=1S/C11H20ClN3O/c1-4-15-11(5-9(2)14-15)7-13-6-10(12)8-16-3/h5,10,13H,4,6-8H2,1-3H3. The molecule has 1 rings (SSSR count). The number of hydrogen-bond donors (Lipinski definition) is 1. The van der Waals surface area contributed by atoms with Crippen LogP contribution in [0, 0.1) is 6.92 Å². The molecule has 0 spiro atoms. The average molecular weight is 246 g/mol. The Morgan fingerprint density at radius 2 is 2.38 bits per heavy atom. The van der Waals surface area contributed by atoms with Crippen LogP contribution in [-0.2, 0) is 17.8 Å². The maximum absolute atomic E-state index is 6.02. The van der Waals surface area contributed by atoms with Crippen LogP contribution in [0.4, 0.5) is 0 Å². The highest BCUT2D eigenvalue weighted by Crippen LogP contribution is 2.03. The summed E-state index contributed by atoms with van der Waals surface area (Å²) in [5.74, 6) is 0. The van der Waals surface area contributed by atoms with Crippen molar-refractivity contribution in [3.63, 3.8) is 0 Å². The molecule has 4 nitrogen and oxygen atoms in total. The lowest BCUT2D eigenvalue weighted by Gasteiger charge is -2.10. The van der Waals surface area contributed by atoms with Crippen LogP contribution in [0.15, 0.2) is 6.07 Å². The Labute approximate surface area is 102 Å². The lowest BCUT2D eigenvalue weighted by Crippen LogP contribution is -2.26. The van der Waals surface area contributed by atoms with Gasteiger partial charge in [0.15, 0.2) is 0 Å². The van der Waals surface area contributed by atoms with Crippen LogP contribution >= 0.6 is 11.6 Å². The molecule has 1 aromatic rings. The van der Waals surface area contributed by atoms with Gasteiger partial charge in [-0.25, -0.2) is 0 Å². The normalized spacial score (nSPS) is 13.0. The van der Waals surface area contributed by atoms with Gasteiger partial charge in [-0.15, -0.1) is 11.6 Å². The van der Waals surface area contributed by atoms with Gasteiger partial charge in [0, 0.05) is 26.7 Å². The largest absolute Gasteiger partial charge is 0.383 e. The van der Waals surface area contributed by atoms with Gasteiger partial charge in [-0.05, 0) is 19.9 Å². The van der Waals surface area contributed by atoms with Crippen molar-refractivity contribution in [2.45, 2.75) is 32.3 Å². The van der Waals surface area contributed by atoms with Crippen molar-refractivity contribution in [1.82, 2.24) is 15.1 Å². The number of hydrogen-bond acceptors (Lipinski definition) is 3. The van der Waals surface area contributed by atoms with Gasteiger partial charge in [0.25, 0.3) is 0 Å². The van der Waals surface area contributed by atoms with Crippen molar-refractivity contribution in [2.24, 2.45) is 0 Å². The Hall–Kier alpha value is -0.580. The van der Waals surface area contributed by atoms with E-state index in [4.69, 9.17) is 16.3 Å². The van der Waals surface area contributed by atoms with E-state index in [1.807, 2.05) is 11.6 Å². The number of rotatable bonds is 7. The van der Waals surface area contributed by atoms with Crippen molar-refractivity contribution in [1.29, 1.82) is 0 Å². The van der Waals surface area contributed by atoms with E-state index < -0.39 is 0 Å². The Kier molecular flexibility index (Phi) is 5.80. The van der Waals surface area contributed by atoms with Crippen LogP contribution in [0.3, 0.4) is 0 Å². The van der Waals surface area contributed by atoms with Gasteiger partial charge < -0.3 is 10.1 Å². The molecule has 0 saturated carbocycles. The fourth-order valence-corrected chi connectivity index (χ4v) is 1.85. The van der Waals surface area contributed by atoms with Crippen molar-refractivity contribution < 1.29 is 4.74 Å². The van der Waals surface area contributed by atoms with E-state index in [1.54, 1.807) is 7.11 Å². The van der Waals surface area contributed by atoms with E-state index >= 15 is 0 Å². The van der Waals surface area contributed by atoms with E-state index in [0.717, 1.165) is 25.3 Å². The highest BCUT2D eigenvalue weighted by atomic mass is 35.5. The molecule has 0 aromatic carbocycles. The summed E-state index contributed by atoms with van der Waals surface area (Å²) in [6.07, 6.45) is 0. The SMILES string of the molecule is CCn1nc(C)cc1CNCC(Cl)COC. The number of halogens is 1. The predicted octanol–water partition coefficient (Wildman–Crippen LogP) is 1.55. The van der Waals surface area contributed by atoms with Crippen LogP contribution in [0.2, 0.25) is 0 Å². The minimum absolute atomic E-state index is 0.0177. The summed E-state index contributed by atoms with van der Waals surface area (Å²) >= 11 is 6.02. The monoisotopic (exact) mass is 245 g/mol. The first-order chi connectivity index (χ1) is 7.67. The molecule has 0 aliphatic carbocycles. The number of nitrogens with zero attached hydrogens (tertiary/aromatic N) is 2. The molecular formula is C11H20ClN3O. The minimum atomic E-state index is 0.0177. The van der Waals surface area contributed by atoms with Gasteiger partial charge in [-0.3, -0.25) is 4.68 Å². The molecule has 0 saturated heterocycles. The van der Waals surface area contributed by atoms with E-state index in [1.165, 1.54) is 5.69 Å². The van der Waals surface area contributed by atoms with Crippen molar-refractivity contribution >= 4 is 11.6 Å². The zero-order chi connectivity index (χ0) is 12.0. The molecule has 92 valence electrons. The predicted molar refractivity (Wildman–Crippen MR) is 65.9 cm³/mol. The Bertz CT molecular complexity index is 314. The third-order valence-corrected chi connectivity index (χ3v) is 2.58. The van der Waals surface area contributed by atoms with E-state index in [2.05, 4.69) is 23.4 Å². The zero-order valence-electron chi connectivity index (χ0n) is 10.2. The molecule has 1 aromatic heterocycles. The Morgan fingerprint density at radius 1 is 1.62 bits per heavy atom. The Morgan fingerprint density at radius 3 is 3.00 bits per heavy atom. The summed E-state index contributed by atoms with van der Waals surface area (Å²) in [6, 6.07) is 2.09. The molecule has 1 atom stereocenters. The quantitative estimate of drug-likeness (QED) is 0.741.